The number of hydrogen-bond acceptors (Lipinski definition) is 1. The molecule has 1 heteroatoms. The van der Waals surface area contributed by atoms with E-state index >= 15 is 0 Å². The zero-order valence-corrected chi connectivity index (χ0v) is 12.5. The van der Waals surface area contributed by atoms with Crippen molar-refractivity contribution in [2.45, 2.75) is 91.1 Å². The monoisotopic (exact) mass is 239 g/mol. The average molecular weight is 239 g/mol. The Kier molecular flexibility index (Phi) is 7.18. The van der Waals surface area contributed by atoms with Crippen LogP contribution in [0.1, 0.15) is 79.1 Å². The van der Waals surface area contributed by atoms with Gasteiger partial charge in [0.1, 0.15) is 0 Å². The summed E-state index contributed by atoms with van der Waals surface area (Å²) in [6, 6.07) is 1.55. The molecule has 0 amide bonds. The van der Waals surface area contributed by atoms with Gasteiger partial charge in [0.25, 0.3) is 0 Å². The van der Waals surface area contributed by atoms with Crippen LogP contribution >= 0.6 is 0 Å². The van der Waals surface area contributed by atoms with Crippen LogP contribution in [0.2, 0.25) is 0 Å². The van der Waals surface area contributed by atoms with Gasteiger partial charge in [0.05, 0.1) is 0 Å². The van der Waals surface area contributed by atoms with E-state index in [1.54, 1.807) is 0 Å². The summed E-state index contributed by atoms with van der Waals surface area (Å²) in [6.45, 7) is 9.45. The Morgan fingerprint density at radius 3 is 2.47 bits per heavy atom. The zero-order valence-electron chi connectivity index (χ0n) is 12.5. The Bertz CT molecular complexity index is 190. The molecule has 4 unspecified atom stereocenters. The Hall–Kier alpha value is -0.0400. The molecule has 0 aromatic carbocycles. The topological polar surface area (TPSA) is 12.0 Å². The molecular formula is C16H33N. The molecule has 4 atom stereocenters. The van der Waals surface area contributed by atoms with E-state index in [-0.39, 0.29) is 0 Å². The van der Waals surface area contributed by atoms with Gasteiger partial charge in [-0.1, -0.05) is 47.0 Å². The molecule has 0 bridgehead atoms. The van der Waals surface area contributed by atoms with Gasteiger partial charge in [-0.25, -0.2) is 0 Å². The molecule has 1 aliphatic carbocycles. The number of hydrogen-bond donors (Lipinski definition) is 1. The van der Waals surface area contributed by atoms with Crippen molar-refractivity contribution in [1.29, 1.82) is 0 Å². The van der Waals surface area contributed by atoms with Crippen molar-refractivity contribution >= 4 is 0 Å². The first-order chi connectivity index (χ1) is 8.15. The predicted molar refractivity (Wildman–Crippen MR) is 77.3 cm³/mol. The normalized spacial score (nSPS) is 29.6. The van der Waals surface area contributed by atoms with E-state index in [2.05, 4.69) is 33.0 Å². The highest BCUT2D eigenvalue weighted by atomic mass is 14.9. The van der Waals surface area contributed by atoms with Crippen molar-refractivity contribution in [1.82, 2.24) is 5.32 Å². The molecule has 1 rings (SSSR count). The average Bonchev–Trinajstić information content (AvgIpc) is 2.53. The van der Waals surface area contributed by atoms with E-state index in [0.717, 1.165) is 23.9 Å². The van der Waals surface area contributed by atoms with Crippen molar-refractivity contribution in [3.8, 4) is 0 Å². The van der Waals surface area contributed by atoms with Gasteiger partial charge in [-0.15, -0.1) is 0 Å². The van der Waals surface area contributed by atoms with E-state index in [9.17, 15) is 0 Å². The highest BCUT2D eigenvalue weighted by Crippen LogP contribution is 2.24. The molecular weight excluding hydrogens is 206 g/mol. The largest absolute Gasteiger partial charge is 0.311 e. The molecule has 0 spiro atoms. The van der Waals surface area contributed by atoms with Crippen LogP contribution in [-0.2, 0) is 0 Å². The highest BCUT2D eigenvalue weighted by Gasteiger charge is 2.19. The fraction of sp³-hybridized carbons (Fsp3) is 1.00. The van der Waals surface area contributed by atoms with Gasteiger partial charge in [0, 0.05) is 12.1 Å². The second kappa shape index (κ2) is 8.13. The van der Waals surface area contributed by atoms with Crippen LogP contribution in [-0.4, -0.2) is 12.1 Å². The smallest absolute Gasteiger partial charge is 0.00697 e. The molecule has 0 saturated heterocycles. The molecule has 1 aliphatic rings. The Balaban J connectivity index is 2.33. The molecule has 1 N–H and O–H groups in total. The lowest BCUT2D eigenvalue weighted by atomic mass is 9.96. The second-order valence-electron chi connectivity index (χ2n) is 6.33. The van der Waals surface area contributed by atoms with E-state index in [4.69, 9.17) is 0 Å². The van der Waals surface area contributed by atoms with Crippen molar-refractivity contribution in [3.05, 3.63) is 0 Å². The fourth-order valence-corrected chi connectivity index (χ4v) is 2.99. The maximum absolute atomic E-state index is 3.93. The minimum absolute atomic E-state index is 0.753. The number of nitrogens with one attached hydrogen (secondary N) is 1. The molecule has 0 aliphatic heterocycles. The maximum Gasteiger partial charge on any atom is 0.00697 e. The summed E-state index contributed by atoms with van der Waals surface area (Å²) in [5, 5.41) is 3.93. The first-order valence-corrected chi connectivity index (χ1v) is 7.91. The van der Waals surface area contributed by atoms with Gasteiger partial charge < -0.3 is 5.32 Å². The van der Waals surface area contributed by atoms with Gasteiger partial charge in [0.15, 0.2) is 0 Å². The summed E-state index contributed by atoms with van der Waals surface area (Å²) in [7, 11) is 0. The van der Waals surface area contributed by atoms with Crippen molar-refractivity contribution in [3.63, 3.8) is 0 Å². The number of rotatable bonds is 6. The summed E-state index contributed by atoms with van der Waals surface area (Å²) in [4.78, 5) is 0. The highest BCUT2D eigenvalue weighted by molar-refractivity contribution is 4.78. The van der Waals surface area contributed by atoms with Crippen molar-refractivity contribution in [2.24, 2.45) is 11.8 Å². The van der Waals surface area contributed by atoms with Gasteiger partial charge in [-0.2, -0.15) is 0 Å². The molecule has 102 valence electrons. The third-order valence-electron chi connectivity index (χ3n) is 4.61. The van der Waals surface area contributed by atoms with Crippen LogP contribution < -0.4 is 5.32 Å². The van der Waals surface area contributed by atoms with Crippen LogP contribution in [0.4, 0.5) is 0 Å². The van der Waals surface area contributed by atoms with E-state index in [1.807, 2.05) is 0 Å². The summed E-state index contributed by atoms with van der Waals surface area (Å²) >= 11 is 0. The molecule has 1 nitrogen and oxygen atoms in total. The lowest BCUT2D eigenvalue weighted by Crippen LogP contribution is -2.38. The van der Waals surface area contributed by atoms with Crippen LogP contribution in [0, 0.1) is 11.8 Å². The predicted octanol–water partition coefficient (Wildman–Crippen LogP) is 4.76. The van der Waals surface area contributed by atoms with E-state index in [1.165, 1.54) is 51.4 Å². The molecule has 1 saturated carbocycles. The molecule has 1 fully saturated rings. The Labute approximate surface area is 109 Å². The van der Waals surface area contributed by atoms with E-state index in [0.29, 0.717) is 0 Å². The van der Waals surface area contributed by atoms with Crippen LogP contribution in [0.15, 0.2) is 0 Å². The molecule has 17 heavy (non-hydrogen) atoms. The van der Waals surface area contributed by atoms with Gasteiger partial charge in [-0.3, -0.25) is 0 Å². The fourth-order valence-electron chi connectivity index (χ4n) is 2.99. The summed E-state index contributed by atoms with van der Waals surface area (Å²) in [5.74, 6) is 1.83. The second-order valence-corrected chi connectivity index (χ2v) is 6.33. The van der Waals surface area contributed by atoms with Gasteiger partial charge in [-0.05, 0) is 43.9 Å². The van der Waals surface area contributed by atoms with Crippen LogP contribution in [0.5, 0.6) is 0 Å². The Morgan fingerprint density at radius 1 is 1.06 bits per heavy atom. The lowest BCUT2D eigenvalue weighted by molar-refractivity contribution is 0.329. The molecule has 0 heterocycles. The minimum atomic E-state index is 0.753. The van der Waals surface area contributed by atoms with Gasteiger partial charge in [0.2, 0.25) is 0 Å². The van der Waals surface area contributed by atoms with E-state index < -0.39 is 0 Å². The van der Waals surface area contributed by atoms with Gasteiger partial charge >= 0.3 is 0 Å². The quantitative estimate of drug-likeness (QED) is 0.659. The molecule has 0 radical (unpaired) electrons. The van der Waals surface area contributed by atoms with Crippen molar-refractivity contribution < 1.29 is 0 Å². The SMILES string of the molecule is CCC(C)CC(CC)NC1CCCC(C)CC1. The maximum atomic E-state index is 3.93. The molecule has 0 aromatic rings. The third-order valence-corrected chi connectivity index (χ3v) is 4.61. The summed E-state index contributed by atoms with van der Waals surface area (Å²) < 4.78 is 0. The molecule has 0 aromatic heterocycles. The van der Waals surface area contributed by atoms with Crippen LogP contribution in [0.3, 0.4) is 0 Å². The van der Waals surface area contributed by atoms with Crippen molar-refractivity contribution in [2.75, 3.05) is 0 Å². The first-order valence-electron chi connectivity index (χ1n) is 7.91. The first kappa shape index (κ1) is 15.0. The third kappa shape index (κ3) is 5.90. The summed E-state index contributed by atoms with van der Waals surface area (Å²) in [5.41, 5.74) is 0. The minimum Gasteiger partial charge on any atom is -0.311 e. The zero-order chi connectivity index (χ0) is 12.7. The lowest BCUT2D eigenvalue weighted by Gasteiger charge is -2.26. The van der Waals surface area contributed by atoms with Crippen LogP contribution in [0.25, 0.3) is 0 Å². The standard InChI is InChI=1S/C16H33N/c1-5-13(3)12-15(6-2)17-16-9-7-8-14(4)10-11-16/h13-17H,5-12H2,1-4H3. The summed E-state index contributed by atoms with van der Waals surface area (Å²) in [6.07, 6.45) is 11.1. The Morgan fingerprint density at radius 2 is 1.82 bits per heavy atom.